The third-order valence-corrected chi connectivity index (χ3v) is 5.64. The van der Waals surface area contributed by atoms with Gasteiger partial charge in [0.15, 0.2) is 0 Å². The van der Waals surface area contributed by atoms with Crippen LogP contribution in [0.4, 0.5) is 5.95 Å². The Balaban J connectivity index is 1.45. The van der Waals surface area contributed by atoms with Crippen molar-refractivity contribution in [2.24, 2.45) is 5.16 Å². The fourth-order valence-corrected chi connectivity index (χ4v) is 4.13. The number of nitrogens with zero attached hydrogens (tertiary/aromatic N) is 3. The van der Waals surface area contributed by atoms with E-state index in [-0.39, 0.29) is 5.92 Å². The van der Waals surface area contributed by atoms with Crippen molar-refractivity contribution in [1.82, 2.24) is 9.97 Å². The van der Waals surface area contributed by atoms with Crippen molar-refractivity contribution in [2.75, 3.05) is 18.5 Å². The maximum absolute atomic E-state index is 9.51. The highest BCUT2D eigenvalue weighted by Crippen LogP contribution is 2.35. The van der Waals surface area contributed by atoms with Crippen LogP contribution in [0.3, 0.4) is 0 Å². The Morgan fingerprint density at radius 3 is 2.69 bits per heavy atom. The van der Waals surface area contributed by atoms with Gasteiger partial charge in [0.05, 0.1) is 18.0 Å². The van der Waals surface area contributed by atoms with Crippen molar-refractivity contribution in [3.8, 4) is 5.75 Å². The minimum Gasteiger partial charge on any atom is -0.492 e. The van der Waals surface area contributed by atoms with Gasteiger partial charge in [-0.05, 0) is 36.1 Å². The van der Waals surface area contributed by atoms with Crippen LogP contribution in [0.2, 0.25) is 0 Å². The van der Waals surface area contributed by atoms with E-state index in [1.54, 1.807) is 6.20 Å². The number of benzene rings is 2. The fraction of sp³-hybridized carbons (Fsp3) is 0.227. The number of para-hydroxylation sites is 1. The predicted molar refractivity (Wildman–Crippen MR) is 116 cm³/mol. The number of hydrogen-bond acceptors (Lipinski definition) is 6. The number of nitrogens with one attached hydrogen (secondary N) is 1. The van der Waals surface area contributed by atoms with Crippen LogP contribution in [0.5, 0.6) is 5.75 Å². The SMILES string of the molecule is O/N=C1\CC(c2ccccc2Br)Cc2nc(NCCOc3ccccc3)ncc21. The summed E-state index contributed by atoms with van der Waals surface area (Å²) < 4.78 is 6.74. The maximum Gasteiger partial charge on any atom is 0.223 e. The van der Waals surface area contributed by atoms with E-state index in [2.05, 4.69) is 42.4 Å². The second-order valence-electron chi connectivity index (χ2n) is 6.82. The largest absolute Gasteiger partial charge is 0.492 e. The summed E-state index contributed by atoms with van der Waals surface area (Å²) in [5.41, 5.74) is 3.49. The van der Waals surface area contributed by atoms with Gasteiger partial charge < -0.3 is 15.3 Å². The minimum absolute atomic E-state index is 0.188. The summed E-state index contributed by atoms with van der Waals surface area (Å²) in [7, 11) is 0. The van der Waals surface area contributed by atoms with Crippen molar-refractivity contribution < 1.29 is 9.94 Å². The van der Waals surface area contributed by atoms with Gasteiger partial charge in [-0.2, -0.15) is 0 Å². The molecule has 6 nitrogen and oxygen atoms in total. The summed E-state index contributed by atoms with van der Waals surface area (Å²) in [6.45, 7) is 1.09. The molecule has 0 saturated carbocycles. The molecule has 1 heterocycles. The molecule has 0 aliphatic heterocycles. The van der Waals surface area contributed by atoms with Crippen LogP contribution in [0.25, 0.3) is 0 Å². The Morgan fingerprint density at radius 1 is 1.10 bits per heavy atom. The molecule has 1 unspecified atom stereocenters. The summed E-state index contributed by atoms with van der Waals surface area (Å²) in [5.74, 6) is 1.57. The maximum atomic E-state index is 9.51. The lowest BCUT2D eigenvalue weighted by Crippen LogP contribution is -2.23. The number of hydrogen-bond donors (Lipinski definition) is 2. The molecular weight excluding hydrogens is 432 g/mol. The minimum atomic E-state index is 0.188. The third kappa shape index (κ3) is 4.56. The zero-order valence-electron chi connectivity index (χ0n) is 15.8. The van der Waals surface area contributed by atoms with Crippen LogP contribution in [0, 0.1) is 0 Å². The highest BCUT2D eigenvalue weighted by atomic mass is 79.9. The van der Waals surface area contributed by atoms with E-state index in [4.69, 9.17) is 4.74 Å². The van der Waals surface area contributed by atoms with Gasteiger partial charge in [-0.1, -0.05) is 57.5 Å². The lowest BCUT2D eigenvalue weighted by molar-refractivity contribution is 0.316. The Hall–Kier alpha value is -2.93. The average Bonchev–Trinajstić information content (AvgIpc) is 2.77. The van der Waals surface area contributed by atoms with E-state index in [1.807, 2.05) is 48.5 Å². The molecule has 1 aromatic heterocycles. The summed E-state index contributed by atoms with van der Waals surface area (Å²) in [5, 5.41) is 16.2. The lowest BCUT2D eigenvalue weighted by Gasteiger charge is -2.25. The molecule has 1 aliphatic rings. The summed E-state index contributed by atoms with van der Waals surface area (Å²) in [4.78, 5) is 9.05. The quantitative estimate of drug-likeness (QED) is 0.323. The zero-order valence-corrected chi connectivity index (χ0v) is 17.3. The van der Waals surface area contributed by atoms with Crippen LogP contribution >= 0.6 is 15.9 Å². The van der Waals surface area contributed by atoms with Gasteiger partial charge in [0, 0.05) is 22.7 Å². The molecule has 3 aromatic rings. The van der Waals surface area contributed by atoms with Crippen molar-refractivity contribution in [3.63, 3.8) is 0 Å². The van der Waals surface area contributed by atoms with E-state index in [0.29, 0.717) is 31.2 Å². The van der Waals surface area contributed by atoms with Gasteiger partial charge in [0.25, 0.3) is 0 Å². The molecule has 0 radical (unpaired) electrons. The molecule has 2 N–H and O–H groups in total. The van der Waals surface area contributed by atoms with Gasteiger partial charge in [-0.15, -0.1) is 0 Å². The first-order valence-electron chi connectivity index (χ1n) is 9.48. The first-order chi connectivity index (χ1) is 14.2. The van der Waals surface area contributed by atoms with Crippen LogP contribution in [-0.2, 0) is 6.42 Å². The number of halogens is 1. The van der Waals surface area contributed by atoms with Gasteiger partial charge in [-0.25, -0.2) is 9.97 Å². The molecule has 0 fully saturated rings. The van der Waals surface area contributed by atoms with Crippen LogP contribution < -0.4 is 10.1 Å². The molecule has 0 amide bonds. The molecule has 2 aromatic carbocycles. The summed E-state index contributed by atoms with van der Waals surface area (Å²) in [6, 6.07) is 17.8. The van der Waals surface area contributed by atoms with E-state index >= 15 is 0 Å². The van der Waals surface area contributed by atoms with E-state index in [1.165, 1.54) is 5.56 Å². The van der Waals surface area contributed by atoms with Gasteiger partial charge >= 0.3 is 0 Å². The lowest BCUT2D eigenvalue weighted by atomic mass is 9.82. The van der Waals surface area contributed by atoms with Gasteiger partial charge in [0.2, 0.25) is 5.95 Å². The summed E-state index contributed by atoms with van der Waals surface area (Å²) in [6.07, 6.45) is 3.13. The Kier molecular flexibility index (Phi) is 6.05. The predicted octanol–water partition coefficient (Wildman–Crippen LogP) is 4.64. The van der Waals surface area contributed by atoms with Crippen molar-refractivity contribution >= 4 is 27.6 Å². The summed E-state index contributed by atoms with van der Waals surface area (Å²) >= 11 is 3.63. The second-order valence-corrected chi connectivity index (χ2v) is 7.67. The number of anilines is 1. The first-order valence-corrected chi connectivity index (χ1v) is 10.3. The Bertz CT molecular complexity index is 1010. The number of ether oxygens (including phenoxy) is 1. The van der Waals surface area contributed by atoms with Gasteiger partial charge in [-0.3, -0.25) is 0 Å². The molecule has 0 saturated heterocycles. The van der Waals surface area contributed by atoms with E-state index < -0.39 is 0 Å². The number of aromatic nitrogens is 2. The van der Waals surface area contributed by atoms with Crippen LogP contribution in [0.1, 0.15) is 29.2 Å². The molecule has 1 atom stereocenters. The molecule has 4 rings (SSSR count). The molecule has 1 aliphatic carbocycles. The molecular formula is C22H21BrN4O2. The monoisotopic (exact) mass is 452 g/mol. The number of fused-ring (bicyclic) bond motifs is 1. The van der Waals surface area contributed by atoms with Crippen LogP contribution in [0.15, 0.2) is 70.4 Å². The highest BCUT2D eigenvalue weighted by molar-refractivity contribution is 9.10. The molecule has 29 heavy (non-hydrogen) atoms. The van der Waals surface area contributed by atoms with Gasteiger partial charge in [0.1, 0.15) is 12.4 Å². The zero-order chi connectivity index (χ0) is 20.1. The van der Waals surface area contributed by atoms with E-state index in [0.717, 1.165) is 27.9 Å². The average molecular weight is 453 g/mol. The van der Waals surface area contributed by atoms with Crippen molar-refractivity contribution in [3.05, 3.63) is 82.1 Å². The second kappa shape index (κ2) is 9.05. The standard InChI is InChI=1S/C22H21BrN4O2/c23-19-9-5-4-8-17(19)15-12-20-18(21(13-15)27-28)14-25-22(26-20)24-10-11-29-16-6-2-1-3-7-16/h1-9,14-15,28H,10-13H2,(H,24,25,26)/b27-21+. The third-order valence-electron chi connectivity index (χ3n) is 4.92. The number of rotatable bonds is 6. The van der Waals surface area contributed by atoms with Crippen molar-refractivity contribution in [2.45, 2.75) is 18.8 Å². The fourth-order valence-electron chi connectivity index (χ4n) is 3.52. The van der Waals surface area contributed by atoms with Crippen molar-refractivity contribution in [1.29, 1.82) is 0 Å². The normalized spacial score (nSPS) is 17.0. The smallest absolute Gasteiger partial charge is 0.223 e. The highest BCUT2D eigenvalue weighted by Gasteiger charge is 2.28. The topological polar surface area (TPSA) is 79.6 Å². The Morgan fingerprint density at radius 2 is 1.90 bits per heavy atom. The molecule has 0 spiro atoms. The van der Waals surface area contributed by atoms with Crippen LogP contribution in [-0.4, -0.2) is 34.0 Å². The van der Waals surface area contributed by atoms with E-state index in [9.17, 15) is 5.21 Å². The molecule has 148 valence electrons. The Labute approximate surface area is 177 Å². The first kappa shape index (κ1) is 19.4. The molecule has 0 bridgehead atoms. The number of oxime groups is 1. The molecule has 7 heteroatoms.